The summed E-state index contributed by atoms with van der Waals surface area (Å²) in [6, 6.07) is 4.41. The molecule has 0 amide bonds. The number of rotatable bonds is 8. The summed E-state index contributed by atoms with van der Waals surface area (Å²) in [4.78, 5) is 3.99. The van der Waals surface area contributed by atoms with E-state index in [4.69, 9.17) is 0 Å². The summed E-state index contributed by atoms with van der Waals surface area (Å²) in [5.41, 5.74) is 1.27. The molecular weight excluding hydrogens is 248 g/mol. The van der Waals surface area contributed by atoms with Crippen LogP contribution in [0.4, 0.5) is 0 Å². The Bertz CT molecular complexity index is 432. The van der Waals surface area contributed by atoms with Gasteiger partial charge < -0.3 is 5.32 Å². The predicted octanol–water partition coefficient (Wildman–Crippen LogP) is 1.43. The molecule has 1 unspecified atom stereocenters. The molecule has 102 valence electrons. The quantitative estimate of drug-likeness (QED) is 0.776. The molecule has 1 aromatic heterocycles. The summed E-state index contributed by atoms with van der Waals surface area (Å²) in [7, 11) is -0.903. The van der Waals surface area contributed by atoms with Gasteiger partial charge in [0.25, 0.3) is 0 Å². The smallest absolute Gasteiger partial charge is 0.147 e. The van der Waals surface area contributed by atoms with E-state index in [0.717, 1.165) is 25.7 Å². The largest absolute Gasteiger partial charge is 0.317 e. The van der Waals surface area contributed by atoms with Crippen molar-refractivity contribution >= 4 is 9.84 Å². The lowest BCUT2D eigenvalue weighted by Crippen LogP contribution is -2.26. The fraction of sp³-hybridized carbons (Fsp3) is 0.615. The van der Waals surface area contributed by atoms with E-state index < -0.39 is 9.84 Å². The molecule has 0 bridgehead atoms. The Morgan fingerprint density at radius 2 is 1.94 bits per heavy atom. The van der Waals surface area contributed by atoms with Crippen molar-refractivity contribution < 1.29 is 8.42 Å². The second kappa shape index (κ2) is 7.48. The van der Waals surface area contributed by atoms with E-state index >= 15 is 0 Å². The van der Waals surface area contributed by atoms with Crippen LogP contribution >= 0.6 is 0 Å². The number of hydrogen-bond donors (Lipinski definition) is 1. The highest BCUT2D eigenvalue weighted by molar-refractivity contribution is 7.90. The highest BCUT2D eigenvalue weighted by atomic mass is 32.2. The molecule has 0 aromatic carbocycles. The van der Waals surface area contributed by atoms with E-state index in [0.29, 0.717) is 6.04 Å². The van der Waals surface area contributed by atoms with Crippen molar-refractivity contribution in [1.82, 2.24) is 10.3 Å². The lowest BCUT2D eigenvalue weighted by Gasteiger charge is -2.15. The molecule has 1 rings (SSSR count). The highest BCUT2D eigenvalue weighted by Gasteiger charge is 2.08. The van der Waals surface area contributed by atoms with Gasteiger partial charge >= 0.3 is 0 Å². The van der Waals surface area contributed by atoms with Gasteiger partial charge in [0.2, 0.25) is 0 Å². The number of sulfone groups is 1. The highest BCUT2D eigenvalue weighted by Crippen LogP contribution is 2.08. The SMILES string of the molecule is CNC(CCCS(C)(=O)=O)CCc1ccncc1. The number of hydrogen-bond acceptors (Lipinski definition) is 4. The van der Waals surface area contributed by atoms with E-state index in [1.807, 2.05) is 19.2 Å². The summed E-state index contributed by atoms with van der Waals surface area (Å²) in [6.07, 6.45) is 8.52. The first kappa shape index (κ1) is 15.1. The summed E-state index contributed by atoms with van der Waals surface area (Å²) < 4.78 is 22.1. The normalized spacial score (nSPS) is 13.4. The molecular formula is C13H22N2O2S. The van der Waals surface area contributed by atoms with Crippen molar-refractivity contribution in [1.29, 1.82) is 0 Å². The zero-order valence-electron chi connectivity index (χ0n) is 11.1. The number of nitrogens with zero attached hydrogens (tertiary/aromatic N) is 1. The number of nitrogens with one attached hydrogen (secondary N) is 1. The first-order chi connectivity index (χ1) is 8.51. The average Bonchev–Trinajstić information content (AvgIpc) is 2.33. The molecule has 1 N–H and O–H groups in total. The van der Waals surface area contributed by atoms with Gasteiger partial charge in [0.1, 0.15) is 9.84 Å². The van der Waals surface area contributed by atoms with Crippen molar-refractivity contribution in [2.45, 2.75) is 31.7 Å². The van der Waals surface area contributed by atoms with Gasteiger partial charge in [-0.15, -0.1) is 0 Å². The van der Waals surface area contributed by atoms with E-state index in [1.165, 1.54) is 11.8 Å². The van der Waals surface area contributed by atoms with Crippen molar-refractivity contribution in [3.63, 3.8) is 0 Å². The Hall–Kier alpha value is -0.940. The van der Waals surface area contributed by atoms with Crippen LogP contribution in [0.15, 0.2) is 24.5 Å². The number of aromatic nitrogens is 1. The molecule has 4 nitrogen and oxygen atoms in total. The minimum atomic E-state index is -2.83. The van der Waals surface area contributed by atoms with Gasteiger partial charge in [-0.3, -0.25) is 4.98 Å². The Kier molecular flexibility index (Phi) is 6.29. The lowest BCUT2D eigenvalue weighted by molar-refractivity contribution is 0.482. The van der Waals surface area contributed by atoms with Gasteiger partial charge in [-0.25, -0.2) is 8.42 Å². The zero-order valence-corrected chi connectivity index (χ0v) is 11.9. The molecule has 1 heterocycles. The van der Waals surface area contributed by atoms with Gasteiger partial charge in [0, 0.05) is 30.4 Å². The third-order valence-corrected chi connectivity index (χ3v) is 4.04. The van der Waals surface area contributed by atoms with Crippen molar-refractivity contribution in [3.05, 3.63) is 30.1 Å². The summed E-state index contributed by atoms with van der Waals surface area (Å²) >= 11 is 0. The minimum Gasteiger partial charge on any atom is -0.317 e. The van der Waals surface area contributed by atoms with E-state index in [9.17, 15) is 8.42 Å². The maximum atomic E-state index is 11.1. The maximum absolute atomic E-state index is 11.1. The molecule has 0 fully saturated rings. The molecule has 0 aliphatic rings. The van der Waals surface area contributed by atoms with Crippen LogP contribution in [-0.4, -0.2) is 38.5 Å². The standard InChI is InChI=1S/C13H22N2O2S/c1-14-13(4-3-11-18(2,16)17)6-5-12-7-9-15-10-8-12/h7-10,13-14H,3-6,11H2,1-2H3. The van der Waals surface area contributed by atoms with Gasteiger partial charge in [0.15, 0.2) is 0 Å². The molecule has 0 saturated heterocycles. The topological polar surface area (TPSA) is 59.1 Å². The Morgan fingerprint density at radius 1 is 1.28 bits per heavy atom. The van der Waals surface area contributed by atoms with Crippen LogP contribution in [0.25, 0.3) is 0 Å². The van der Waals surface area contributed by atoms with Crippen LogP contribution in [0, 0.1) is 0 Å². The van der Waals surface area contributed by atoms with Crippen LogP contribution in [0.5, 0.6) is 0 Å². The lowest BCUT2D eigenvalue weighted by atomic mass is 10.0. The molecule has 0 aliphatic heterocycles. The molecule has 18 heavy (non-hydrogen) atoms. The summed E-state index contributed by atoms with van der Waals surface area (Å²) in [5.74, 6) is 0.278. The molecule has 1 atom stereocenters. The summed E-state index contributed by atoms with van der Waals surface area (Å²) in [6.45, 7) is 0. The minimum absolute atomic E-state index is 0.278. The number of aryl methyl sites for hydroxylation is 1. The fourth-order valence-electron chi connectivity index (χ4n) is 1.92. The second-order valence-corrected chi connectivity index (χ2v) is 6.91. The van der Waals surface area contributed by atoms with Crippen LogP contribution in [0.1, 0.15) is 24.8 Å². The van der Waals surface area contributed by atoms with Crippen LogP contribution < -0.4 is 5.32 Å². The molecule has 0 spiro atoms. The van der Waals surface area contributed by atoms with Gasteiger partial charge in [-0.05, 0) is 50.4 Å². The van der Waals surface area contributed by atoms with Crippen molar-refractivity contribution in [2.75, 3.05) is 19.1 Å². The van der Waals surface area contributed by atoms with Crippen LogP contribution in [-0.2, 0) is 16.3 Å². The zero-order chi connectivity index (χ0) is 13.4. The monoisotopic (exact) mass is 270 g/mol. The van der Waals surface area contributed by atoms with E-state index in [-0.39, 0.29) is 5.75 Å². The van der Waals surface area contributed by atoms with Gasteiger partial charge in [-0.1, -0.05) is 0 Å². The molecule has 1 aromatic rings. The first-order valence-electron chi connectivity index (χ1n) is 6.25. The maximum Gasteiger partial charge on any atom is 0.147 e. The Morgan fingerprint density at radius 3 is 2.50 bits per heavy atom. The number of pyridine rings is 1. The van der Waals surface area contributed by atoms with Crippen molar-refractivity contribution in [3.8, 4) is 0 Å². The van der Waals surface area contributed by atoms with Crippen LogP contribution in [0.2, 0.25) is 0 Å². The second-order valence-electron chi connectivity index (χ2n) is 4.65. The van der Waals surface area contributed by atoms with Crippen molar-refractivity contribution in [2.24, 2.45) is 0 Å². The predicted molar refractivity (Wildman–Crippen MR) is 74.4 cm³/mol. The third kappa shape index (κ3) is 6.71. The molecule has 0 aliphatic carbocycles. The fourth-order valence-corrected chi connectivity index (χ4v) is 2.61. The van der Waals surface area contributed by atoms with Gasteiger partial charge in [0.05, 0.1) is 0 Å². The third-order valence-electron chi connectivity index (χ3n) is 3.01. The molecule has 5 heteroatoms. The first-order valence-corrected chi connectivity index (χ1v) is 8.31. The summed E-state index contributed by atoms with van der Waals surface area (Å²) in [5, 5.41) is 3.25. The van der Waals surface area contributed by atoms with E-state index in [2.05, 4.69) is 10.3 Å². The molecule has 0 radical (unpaired) electrons. The Labute approximate surface area is 110 Å². The molecule has 0 saturated carbocycles. The Balaban J connectivity index is 2.30. The van der Waals surface area contributed by atoms with Gasteiger partial charge in [-0.2, -0.15) is 0 Å². The van der Waals surface area contributed by atoms with E-state index in [1.54, 1.807) is 12.4 Å². The average molecular weight is 270 g/mol. The van der Waals surface area contributed by atoms with Crippen LogP contribution in [0.3, 0.4) is 0 Å².